The van der Waals surface area contributed by atoms with Crippen LogP contribution >= 0.6 is 0 Å². The molecule has 3 aliphatic heterocycles. The van der Waals surface area contributed by atoms with Crippen LogP contribution in [0.1, 0.15) is 22.8 Å². The second-order valence-electron chi connectivity index (χ2n) is 9.58. The Morgan fingerprint density at radius 2 is 1.56 bits per heavy atom. The third kappa shape index (κ3) is 3.80. The monoisotopic (exact) mass is 523 g/mol. The number of anilines is 2. The maximum absolute atomic E-state index is 14.1. The topological polar surface area (TPSA) is 127 Å². The Morgan fingerprint density at radius 3 is 2.23 bits per heavy atom. The largest absolute Gasteiger partial charge is 0.427 e. The van der Waals surface area contributed by atoms with Gasteiger partial charge in [0.2, 0.25) is 11.8 Å². The zero-order valence-electron chi connectivity index (χ0n) is 20.6. The number of ether oxygens (including phenoxy) is 1. The van der Waals surface area contributed by atoms with Gasteiger partial charge in [-0.25, -0.2) is 4.90 Å². The van der Waals surface area contributed by atoms with E-state index in [1.807, 2.05) is 41.3 Å². The van der Waals surface area contributed by atoms with Gasteiger partial charge in [-0.2, -0.15) is 0 Å². The number of non-ortho nitro benzene ring substituents is 1. The number of para-hydroxylation sites is 1. The second kappa shape index (κ2) is 9.02. The van der Waals surface area contributed by atoms with E-state index in [9.17, 15) is 29.3 Å². The standard InChI is InChI=1S/C29H21N3O7/c1-16(33)39-21-13-6-18(7-14-21)27(34)26-25-24(23-15-8-17-4-2-3-5-22(17)31(23)26)28(35)30(29(25)36)19-9-11-20(12-10-19)32(37)38/h2-15,23-26H,1H3. The van der Waals surface area contributed by atoms with Gasteiger partial charge in [0.1, 0.15) is 11.8 Å². The Bertz CT molecular complexity index is 1580. The average Bonchev–Trinajstić information content (AvgIpc) is 3.41. The van der Waals surface area contributed by atoms with Crippen LogP contribution in [0.4, 0.5) is 17.1 Å². The van der Waals surface area contributed by atoms with Crippen LogP contribution < -0.4 is 14.5 Å². The number of carbonyl (C=O) groups excluding carboxylic acids is 4. The third-order valence-corrected chi connectivity index (χ3v) is 7.40. The number of nitro benzene ring substituents is 1. The second-order valence-corrected chi connectivity index (χ2v) is 9.58. The molecular weight excluding hydrogens is 502 g/mol. The fourth-order valence-corrected chi connectivity index (χ4v) is 5.82. The van der Waals surface area contributed by atoms with Crippen molar-refractivity contribution in [1.29, 1.82) is 0 Å². The van der Waals surface area contributed by atoms with E-state index in [1.165, 1.54) is 55.5 Å². The summed E-state index contributed by atoms with van der Waals surface area (Å²) in [4.78, 5) is 66.5. The van der Waals surface area contributed by atoms with E-state index in [2.05, 4.69) is 0 Å². The molecular formula is C29H21N3O7. The van der Waals surface area contributed by atoms with Gasteiger partial charge in [0, 0.05) is 30.3 Å². The number of esters is 1. The summed E-state index contributed by atoms with van der Waals surface area (Å²) in [6.07, 6.45) is 3.74. The molecule has 194 valence electrons. The predicted molar refractivity (Wildman–Crippen MR) is 140 cm³/mol. The summed E-state index contributed by atoms with van der Waals surface area (Å²) in [6.45, 7) is 1.28. The molecule has 0 spiro atoms. The highest BCUT2D eigenvalue weighted by atomic mass is 16.6. The molecule has 10 heteroatoms. The summed E-state index contributed by atoms with van der Waals surface area (Å²) in [5, 5.41) is 11.1. The molecule has 3 aromatic rings. The zero-order valence-corrected chi connectivity index (χ0v) is 20.6. The van der Waals surface area contributed by atoms with Crippen LogP contribution in [0.2, 0.25) is 0 Å². The fraction of sp³-hybridized carbons (Fsp3) is 0.172. The smallest absolute Gasteiger partial charge is 0.308 e. The maximum Gasteiger partial charge on any atom is 0.308 e. The van der Waals surface area contributed by atoms with Crippen molar-refractivity contribution in [3.63, 3.8) is 0 Å². The van der Waals surface area contributed by atoms with E-state index in [0.717, 1.165) is 16.2 Å². The molecule has 6 rings (SSSR count). The molecule has 4 atom stereocenters. The number of ketones is 1. The number of hydrogen-bond acceptors (Lipinski definition) is 8. The summed E-state index contributed by atoms with van der Waals surface area (Å²) >= 11 is 0. The molecule has 3 aliphatic rings. The first kappa shape index (κ1) is 24.2. The number of benzene rings is 3. The molecule has 10 nitrogen and oxygen atoms in total. The van der Waals surface area contributed by atoms with Gasteiger partial charge in [0.15, 0.2) is 5.78 Å². The highest BCUT2D eigenvalue weighted by Crippen LogP contribution is 2.49. The molecule has 0 bridgehead atoms. The van der Waals surface area contributed by atoms with E-state index >= 15 is 0 Å². The molecule has 39 heavy (non-hydrogen) atoms. The van der Waals surface area contributed by atoms with Crippen molar-refractivity contribution >= 4 is 46.7 Å². The Hall–Kier alpha value is -5.12. The lowest BCUT2D eigenvalue weighted by molar-refractivity contribution is -0.384. The third-order valence-electron chi connectivity index (χ3n) is 7.40. The van der Waals surface area contributed by atoms with Crippen LogP contribution in [0.25, 0.3) is 6.08 Å². The average molecular weight is 524 g/mol. The van der Waals surface area contributed by atoms with Gasteiger partial charge in [-0.05, 0) is 48.0 Å². The SMILES string of the molecule is CC(=O)Oc1ccc(C(=O)C2C3C(=O)N(c4ccc([N+](=O)[O-])cc4)C(=O)C3C3C=Cc4ccccc4N32)cc1. The number of nitro groups is 1. The van der Waals surface area contributed by atoms with Gasteiger partial charge >= 0.3 is 5.97 Å². The molecule has 3 heterocycles. The highest BCUT2D eigenvalue weighted by molar-refractivity contribution is 6.25. The minimum atomic E-state index is -0.981. The molecule has 2 amide bonds. The van der Waals surface area contributed by atoms with E-state index in [1.54, 1.807) is 0 Å². The number of Topliss-reactive ketones (excluding diaryl/α,β-unsaturated/α-hetero) is 1. The zero-order chi connectivity index (χ0) is 27.4. The summed E-state index contributed by atoms with van der Waals surface area (Å²) in [5.41, 5.74) is 1.96. The number of imide groups is 1. The van der Waals surface area contributed by atoms with Crippen LogP contribution in [0.5, 0.6) is 5.75 Å². The molecule has 0 radical (unpaired) electrons. The normalized spacial score (nSPS) is 22.8. The van der Waals surface area contributed by atoms with Crippen molar-refractivity contribution in [2.45, 2.75) is 19.0 Å². The lowest BCUT2D eigenvalue weighted by Gasteiger charge is -2.36. The molecule has 0 aliphatic carbocycles. The fourth-order valence-electron chi connectivity index (χ4n) is 5.82. The summed E-state index contributed by atoms with van der Waals surface area (Å²) in [5.74, 6) is -3.36. The van der Waals surface area contributed by atoms with Crippen LogP contribution in [0, 0.1) is 22.0 Å². The van der Waals surface area contributed by atoms with Gasteiger partial charge in [0.25, 0.3) is 5.69 Å². The van der Waals surface area contributed by atoms with E-state index < -0.39 is 46.6 Å². The molecule has 2 fully saturated rings. The summed E-state index contributed by atoms with van der Waals surface area (Å²) < 4.78 is 5.08. The van der Waals surface area contributed by atoms with Crippen molar-refractivity contribution in [3.8, 4) is 5.75 Å². The van der Waals surface area contributed by atoms with Crippen molar-refractivity contribution in [2.24, 2.45) is 11.8 Å². The number of rotatable bonds is 5. The first-order valence-corrected chi connectivity index (χ1v) is 12.3. The first-order valence-electron chi connectivity index (χ1n) is 12.3. The van der Waals surface area contributed by atoms with Gasteiger partial charge in [0.05, 0.1) is 28.5 Å². The van der Waals surface area contributed by atoms with Crippen molar-refractivity contribution in [3.05, 3.63) is 100 Å². The number of amides is 2. The number of carbonyl (C=O) groups is 4. The maximum atomic E-state index is 14.1. The van der Waals surface area contributed by atoms with Crippen molar-refractivity contribution in [1.82, 2.24) is 0 Å². The van der Waals surface area contributed by atoms with E-state index in [4.69, 9.17) is 4.74 Å². The van der Waals surface area contributed by atoms with Gasteiger partial charge in [-0.3, -0.25) is 29.3 Å². The molecule has 0 N–H and O–H groups in total. The molecule has 3 aromatic carbocycles. The lowest BCUT2D eigenvalue weighted by Crippen LogP contribution is -2.48. The Morgan fingerprint density at radius 1 is 0.897 bits per heavy atom. The van der Waals surface area contributed by atoms with Crippen molar-refractivity contribution in [2.75, 3.05) is 9.80 Å². The van der Waals surface area contributed by atoms with Gasteiger partial charge in [-0.15, -0.1) is 0 Å². The van der Waals surface area contributed by atoms with Crippen LogP contribution in [0.15, 0.2) is 78.9 Å². The Kier molecular flexibility index (Phi) is 5.60. The van der Waals surface area contributed by atoms with Crippen LogP contribution in [-0.2, 0) is 14.4 Å². The van der Waals surface area contributed by atoms with E-state index in [-0.39, 0.29) is 22.9 Å². The minimum absolute atomic E-state index is 0.165. The summed E-state index contributed by atoms with van der Waals surface area (Å²) in [6, 6.07) is 17.2. The Labute approximate surface area is 222 Å². The quantitative estimate of drug-likeness (QED) is 0.123. The highest BCUT2D eigenvalue weighted by Gasteiger charge is 2.64. The summed E-state index contributed by atoms with van der Waals surface area (Å²) in [7, 11) is 0. The Balaban J connectivity index is 1.42. The van der Waals surface area contributed by atoms with Crippen molar-refractivity contribution < 1.29 is 28.8 Å². The number of nitrogens with zero attached hydrogens (tertiary/aromatic N) is 3. The predicted octanol–water partition coefficient (Wildman–Crippen LogP) is 3.79. The number of fused-ring (bicyclic) bond motifs is 5. The lowest BCUT2D eigenvalue weighted by atomic mass is 9.86. The van der Waals surface area contributed by atoms with E-state index in [0.29, 0.717) is 5.56 Å². The van der Waals surface area contributed by atoms with Crippen LogP contribution in [0.3, 0.4) is 0 Å². The molecule has 4 unspecified atom stereocenters. The minimum Gasteiger partial charge on any atom is -0.427 e. The molecule has 2 saturated heterocycles. The molecule has 0 saturated carbocycles. The van der Waals surface area contributed by atoms with Gasteiger partial charge in [-0.1, -0.05) is 30.4 Å². The van der Waals surface area contributed by atoms with Crippen LogP contribution in [-0.4, -0.2) is 40.6 Å². The molecule has 0 aromatic heterocycles. The first-order chi connectivity index (χ1) is 18.8. The van der Waals surface area contributed by atoms with Gasteiger partial charge < -0.3 is 9.64 Å². The number of hydrogen-bond donors (Lipinski definition) is 0.